The van der Waals surface area contributed by atoms with Crippen molar-refractivity contribution in [2.24, 2.45) is 0 Å². The maximum atomic E-state index is 6.02. The van der Waals surface area contributed by atoms with Gasteiger partial charge >= 0.3 is 0 Å². The van der Waals surface area contributed by atoms with Crippen LogP contribution < -0.4 is 5.32 Å². The van der Waals surface area contributed by atoms with Crippen LogP contribution in [0.25, 0.3) is 0 Å². The van der Waals surface area contributed by atoms with Crippen molar-refractivity contribution in [2.45, 2.75) is 37.1 Å². The predicted octanol–water partition coefficient (Wildman–Crippen LogP) is 4.48. The van der Waals surface area contributed by atoms with Gasteiger partial charge in [0.05, 0.1) is 0 Å². The van der Waals surface area contributed by atoms with Gasteiger partial charge in [-0.2, -0.15) is 11.8 Å². The first-order valence-electron chi connectivity index (χ1n) is 5.91. The Kier molecular flexibility index (Phi) is 5.22. The Labute approximate surface area is 121 Å². The van der Waals surface area contributed by atoms with Gasteiger partial charge in [-0.3, -0.25) is 0 Å². The molecule has 1 nitrogen and oxygen atoms in total. The Hall–Kier alpha value is 0.300. The Morgan fingerprint density at radius 3 is 3.06 bits per heavy atom. The Morgan fingerprint density at radius 1 is 1.47 bits per heavy atom. The minimum Gasteiger partial charge on any atom is -0.309 e. The van der Waals surface area contributed by atoms with E-state index in [0.29, 0.717) is 6.04 Å². The highest BCUT2D eigenvalue weighted by atomic mass is 79.9. The second kappa shape index (κ2) is 6.46. The lowest BCUT2D eigenvalue weighted by Gasteiger charge is -2.19. The quantitative estimate of drug-likeness (QED) is 0.871. The van der Waals surface area contributed by atoms with Gasteiger partial charge in [0, 0.05) is 27.3 Å². The lowest BCUT2D eigenvalue weighted by Crippen LogP contribution is -2.33. The third-order valence-electron chi connectivity index (χ3n) is 3.32. The van der Waals surface area contributed by atoms with Gasteiger partial charge in [0.15, 0.2) is 0 Å². The van der Waals surface area contributed by atoms with Crippen molar-refractivity contribution in [1.29, 1.82) is 0 Å². The molecule has 2 atom stereocenters. The van der Waals surface area contributed by atoms with Gasteiger partial charge in [0.25, 0.3) is 0 Å². The molecule has 4 heteroatoms. The van der Waals surface area contributed by atoms with Crippen molar-refractivity contribution in [2.75, 3.05) is 6.26 Å². The van der Waals surface area contributed by atoms with E-state index < -0.39 is 0 Å². The summed E-state index contributed by atoms with van der Waals surface area (Å²) in [6.45, 7) is 0.892. The molecule has 1 aliphatic carbocycles. The lowest BCUT2D eigenvalue weighted by molar-refractivity contribution is 0.531. The van der Waals surface area contributed by atoms with E-state index in [4.69, 9.17) is 11.6 Å². The second-order valence-electron chi connectivity index (χ2n) is 4.43. The highest BCUT2D eigenvalue weighted by Gasteiger charge is 2.25. The first-order chi connectivity index (χ1) is 8.20. The van der Waals surface area contributed by atoms with Crippen molar-refractivity contribution < 1.29 is 0 Å². The van der Waals surface area contributed by atoms with Gasteiger partial charge in [-0.15, -0.1) is 0 Å². The van der Waals surface area contributed by atoms with E-state index in [9.17, 15) is 0 Å². The monoisotopic (exact) mass is 333 g/mol. The maximum Gasteiger partial charge on any atom is 0.0410 e. The molecule has 0 saturated heterocycles. The molecule has 17 heavy (non-hydrogen) atoms. The fraction of sp³-hybridized carbons (Fsp3) is 0.538. The van der Waals surface area contributed by atoms with Crippen LogP contribution in [0.1, 0.15) is 24.8 Å². The third kappa shape index (κ3) is 3.63. The van der Waals surface area contributed by atoms with E-state index in [2.05, 4.69) is 27.5 Å². The molecule has 0 bridgehead atoms. The minimum absolute atomic E-state index is 0.649. The van der Waals surface area contributed by atoms with Crippen LogP contribution >= 0.6 is 39.3 Å². The SMILES string of the molecule is CSC1CCCC1NCc1cc(Cl)ccc1Br. The fourth-order valence-electron chi connectivity index (χ4n) is 2.36. The predicted molar refractivity (Wildman–Crippen MR) is 80.9 cm³/mol. The molecule has 1 aliphatic rings. The zero-order valence-electron chi connectivity index (χ0n) is 9.88. The molecule has 0 aromatic heterocycles. The molecule has 0 aliphatic heterocycles. The smallest absolute Gasteiger partial charge is 0.0410 e. The molecular weight excluding hydrogens is 318 g/mol. The summed E-state index contributed by atoms with van der Waals surface area (Å²) in [4.78, 5) is 0. The summed E-state index contributed by atoms with van der Waals surface area (Å²) >= 11 is 11.6. The molecule has 0 radical (unpaired) electrons. The molecule has 1 saturated carbocycles. The number of rotatable bonds is 4. The molecule has 1 aromatic rings. The van der Waals surface area contributed by atoms with Crippen LogP contribution in [0, 0.1) is 0 Å². The summed E-state index contributed by atoms with van der Waals surface area (Å²) in [5.41, 5.74) is 1.24. The van der Waals surface area contributed by atoms with Gasteiger partial charge in [0.2, 0.25) is 0 Å². The summed E-state index contributed by atoms with van der Waals surface area (Å²) in [5.74, 6) is 0. The number of halogens is 2. The summed E-state index contributed by atoms with van der Waals surface area (Å²) in [7, 11) is 0. The Bertz CT molecular complexity index is 386. The fourth-order valence-corrected chi connectivity index (χ4v) is 3.91. The topological polar surface area (TPSA) is 12.0 Å². The molecule has 94 valence electrons. The summed E-state index contributed by atoms with van der Waals surface area (Å²) in [5, 5.41) is 5.23. The van der Waals surface area contributed by atoms with Crippen molar-refractivity contribution in [1.82, 2.24) is 5.32 Å². The molecule has 0 amide bonds. The molecular formula is C13H17BrClNS. The third-order valence-corrected chi connectivity index (χ3v) is 5.50. The van der Waals surface area contributed by atoms with Crippen molar-refractivity contribution in [3.05, 3.63) is 33.3 Å². The Balaban J connectivity index is 1.95. The van der Waals surface area contributed by atoms with E-state index in [1.807, 2.05) is 30.0 Å². The minimum atomic E-state index is 0.649. The first-order valence-corrected chi connectivity index (χ1v) is 8.36. The van der Waals surface area contributed by atoms with E-state index >= 15 is 0 Å². The number of hydrogen-bond acceptors (Lipinski definition) is 2. The second-order valence-corrected chi connectivity index (χ2v) is 6.80. The van der Waals surface area contributed by atoms with Gasteiger partial charge in [-0.25, -0.2) is 0 Å². The highest BCUT2D eigenvalue weighted by molar-refractivity contribution is 9.10. The molecule has 0 spiro atoms. The summed E-state index contributed by atoms with van der Waals surface area (Å²) < 4.78 is 1.13. The summed E-state index contributed by atoms with van der Waals surface area (Å²) in [6.07, 6.45) is 6.19. The van der Waals surface area contributed by atoms with Gasteiger partial charge in [-0.05, 0) is 42.9 Å². The van der Waals surface area contributed by atoms with Crippen molar-refractivity contribution >= 4 is 39.3 Å². The Morgan fingerprint density at radius 2 is 2.29 bits per heavy atom. The van der Waals surface area contributed by atoms with Crippen LogP contribution in [0.3, 0.4) is 0 Å². The molecule has 1 N–H and O–H groups in total. The van der Waals surface area contributed by atoms with Crippen LogP contribution in [0.15, 0.2) is 22.7 Å². The average Bonchev–Trinajstić information content (AvgIpc) is 2.77. The number of thioether (sulfide) groups is 1. The van der Waals surface area contributed by atoms with E-state index in [0.717, 1.165) is 21.3 Å². The lowest BCUT2D eigenvalue weighted by atomic mass is 10.2. The van der Waals surface area contributed by atoms with E-state index in [-0.39, 0.29) is 0 Å². The van der Waals surface area contributed by atoms with Crippen LogP contribution in [0.4, 0.5) is 0 Å². The number of nitrogens with one attached hydrogen (secondary N) is 1. The zero-order valence-corrected chi connectivity index (χ0v) is 13.0. The largest absolute Gasteiger partial charge is 0.309 e. The molecule has 0 heterocycles. The maximum absolute atomic E-state index is 6.02. The van der Waals surface area contributed by atoms with Crippen LogP contribution in [-0.2, 0) is 6.54 Å². The van der Waals surface area contributed by atoms with Gasteiger partial charge < -0.3 is 5.32 Å². The number of benzene rings is 1. The molecule has 1 fully saturated rings. The molecule has 1 aromatic carbocycles. The van der Waals surface area contributed by atoms with Gasteiger partial charge in [0.1, 0.15) is 0 Å². The zero-order chi connectivity index (χ0) is 12.3. The highest BCUT2D eigenvalue weighted by Crippen LogP contribution is 2.29. The average molecular weight is 335 g/mol. The van der Waals surface area contributed by atoms with E-state index in [1.165, 1.54) is 24.8 Å². The van der Waals surface area contributed by atoms with Crippen LogP contribution in [-0.4, -0.2) is 17.5 Å². The first kappa shape index (κ1) is 13.7. The van der Waals surface area contributed by atoms with Crippen LogP contribution in [0.2, 0.25) is 5.02 Å². The van der Waals surface area contributed by atoms with Crippen molar-refractivity contribution in [3.63, 3.8) is 0 Å². The molecule has 2 unspecified atom stereocenters. The normalized spacial score (nSPS) is 24.2. The summed E-state index contributed by atoms with van der Waals surface area (Å²) in [6, 6.07) is 6.60. The van der Waals surface area contributed by atoms with Gasteiger partial charge in [-0.1, -0.05) is 34.0 Å². The molecule has 2 rings (SSSR count). The van der Waals surface area contributed by atoms with Crippen LogP contribution in [0.5, 0.6) is 0 Å². The standard InChI is InChI=1S/C13H17BrClNS/c1-17-13-4-2-3-12(13)16-8-9-7-10(15)5-6-11(9)14/h5-7,12-13,16H,2-4,8H2,1H3. The number of hydrogen-bond donors (Lipinski definition) is 1. The van der Waals surface area contributed by atoms with E-state index in [1.54, 1.807) is 0 Å². The van der Waals surface area contributed by atoms with Crippen molar-refractivity contribution in [3.8, 4) is 0 Å².